The fraction of sp³-hybridized carbons (Fsp3) is 0.0588. The highest BCUT2D eigenvalue weighted by Crippen LogP contribution is 2.25. The standard InChI is InChI=1S/C17H13FN4O/c18-14-3-1-12(2-4-14)9-20-16-5-7-19-17-15(10-21-22(16)17)13-6-8-23-11-13/h1-8,10-11,20H,9H2. The maximum absolute atomic E-state index is 12.9. The lowest BCUT2D eigenvalue weighted by Crippen LogP contribution is -2.05. The van der Waals surface area contributed by atoms with Gasteiger partial charge in [0.1, 0.15) is 11.6 Å². The van der Waals surface area contributed by atoms with E-state index in [1.54, 1.807) is 41.6 Å². The van der Waals surface area contributed by atoms with Gasteiger partial charge in [-0.1, -0.05) is 12.1 Å². The van der Waals surface area contributed by atoms with Crippen molar-refractivity contribution >= 4 is 11.5 Å². The van der Waals surface area contributed by atoms with Crippen molar-refractivity contribution in [1.29, 1.82) is 0 Å². The van der Waals surface area contributed by atoms with Gasteiger partial charge in [0, 0.05) is 23.9 Å². The summed E-state index contributed by atoms with van der Waals surface area (Å²) in [5.41, 5.74) is 3.57. The molecule has 5 nitrogen and oxygen atoms in total. The van der Waals surface area contributed by atoms with Crippen LogP contribution in [0, 0.1) is 5.82 Å². The van der Waals surface area contributed by atoms with Crippen LogP contribution in [0.3, 0.4) is 0 Å². The number of hydrogen-bond donors (Lipinski definition) is 1. The van der Waals surface area contributed by atoms with E-state index in [1.165, 1.54) is 12.1 Å². The molecule has 23 heavy (non-hydrogen) atoms. The Morgan fingerprint density at radius 1 is 1.13 bits per heavy atom. The Hall–Kier alpha value is -3.15. The second kappa shape index (κ2) is 5.57. The lowest BCUT2D eigenvalue weighted by Gasteiger charge is -2.08. The van der Waals surface area contributed by atoms with Gasteiger partial charge in [-0.25, -0.2) is 9.37 Å². The smallest absolute Gasteiger partial charge is 0.165 e. The monoisotopic (exact) mass is 308 g/mol. The average Bonchev–Trinajstić information content (AvgIpc) is 3.23. The molecule has 3 aromatic heterocycles. The second-order valence-corrected chi connectivity index (χ2v) is 5.12. The van der Waals surface area contributed by atoms with Crippen LogP contribution in [0.25, 0.3) is 16.8 Å². The fourth-order valence-electron chi connectivity index (χ4n) is 2.44. The molecule has 0 amide bonds. The topological polar surface area (TPSA) is 55.4 Å². The van der Waals surface area contributed by atoms with E-state index in [-0.39, 0.29) is 5.82 Å². The molecular weight excluding hydrogens is 295 g/mol. The maximum Gasteiger partial charge on any atom is 0.165 e. The summed E-state index contributed by atoms with van der Waals surface area (Å²) in [6, 6.07) is 10.1. The molecule has 4 aromatic rings. The van der Waals surface area contributed by atoms with Crippen molar-refractivity contribution < 1.29 is 8.81 Å². The van der Waals surface area contributed by atoms with Gasteiger partial charge in [-0.05, 0) is 29.8 Å². The summed E-state index contributed by atoms with van der Waals surface area (Å²) in [5, 5.41) is 7.69. The van der Waals surface area contributed by atoms with Crippen LogP contribution in [0.1, 0.15) is 5.56 Å². The second-order valence-electron chi connectivity index (χ2n) is 5.12. The predicted octanol–water partition coefficient (Wildman–Crippen LogP) is 3.74. The Morgan fingerprint density at radius 3 is 2.78 bits per heavy atom. The largest absolute Gasteiger partial charge is 0.472 e. The van der Waals surface area contributed by atoms with E-state index in [4.69, 9.17) is 4.42 Å². The van der Waals surface area contributed by atoms with Gasteiger partial charge in [0.2, 0.25) is 0 Å². The lowest BCUT2D eigenvalue weighted by atomic mass is 10.2. The molecule has 114 valence electrons. The molecule has 0 radical (unpaired) electrons. The molecule has 0 spiro atoms. The number of anilines is 1. The van der Waals surface area contributed by atoms with E-state index in [9.17, 15) is 4.39 Å². The van der Waals surface area contributed by atoms with Crippen LogP contribution in [0.4, 0.5) is 10.2 Å². The molecule has 0 aliphatic heterocycles. The predicted molar refractivity (Wildman–Crippen MR) is 84.4 cm³/mol. The van der Waals surface area contributed by atoms with Gasteiger partial charge in [0.15, 0.2) is 5.65 Å². The van der Waals surface area contributed by atoms with Crippen molar-refractivity contribution in [3.05, 3.63) is 72.7 Å². The summed E-state index contributed by atoms with van der Waals surface area (Å²) < 4.78 is 19.8. The Balaban J connectivity index is 1.64. The molecule has 0 unspecified atom stereocenters. The van der Waals surface area contributed by atoms with Gasteiger partial charge in [-0.3, -0.25) is 0 Å². The van der Waals surface area contributed by atoms with Crippen molar-refractivity contribution in [3.63, 3.8) is 0 Å². The summed E-state index contributed by atoms with van der Waals surface area (Å²) in [7, 11) is 0. The molecule has 0 saturated carbocycles. The highest BCUT2D eigenvalue weighted by molar-refractivity contribution is 5.77. The van der Waals surface area contributed by atoms with Crippen molar-refractivity contribution in [2.75, 3.05) is 5.32 Å². The van der Waals surface area contributed by atoms with Crippen LogP contribution in [0.5, 0.6) is 0 Å². The number of fused-ring (bicyclic) bond motifs is 1. The molecule has 1 N–H and O–H groups in total. The highest BCUT2D eigenvalue weighted by Gasteiger charge is 2.11. The quantitative estimate of drug-likeness (QED) is 0.624. The summed E-state index contributed by atoms with van der Waals surface area (Å²) in [6.45, 7) is 0.570. The minimum atomic E-state index is -0.239. The van der Waals surface area contributed by atoms with Gasteiger partial charge in [0.05, 0.1) is 18.7 Å². The fourth-order valence-corrected chi connectivity index (χ4v) is 2.44. The zero-order valence-corrected chi connectivity index (χ0v) is 12.1. The number of hydrogen-bond acceptors (Lipinski definition) is 4. The summed E-state index contributed by atoms with van der Waals surface area (Å²) in [4.78, 5) is 4.39. The first-order valence-electron chi connectivity index (χ1n) is 7.15. The van der Waals surface area contributed by atoms with Crippen LogP contribution in [0.2, 0.25) is 0 Å². The molecule has 0 aliphatic rings. The van der Waals surface area contributed by atoms with Crippen molar-refractivity contribution in [3.8, 4) is 11.1 Å². The Bertz CT molecular complexity index is 929. The van der Waals surface area contributed by atoms with Crippen molar-refractivity contribution in [1.82, 2.24) is 14.6 Å². The van der Waals surface area contributed by atoms with Gasteiger partial charge >= 0.3 is 0 Å². The third kappa shape index (κ3) is 2.55. The number of halogens is 1. The van der Waals surface area contributed by atoms with Crippen LogP contribution in [0.15, 0.2) is 65.7 Å². The summed E-state index contributed by atoms with van der Waals surface area (Å²) in [6.07, 6.45) is 6.77. The molecule has 0 bridgehead atoms. The zero-order valence-electron chi connectivity index (χ0n) is 12.1. The molecule has 4 rings (SSSR count). The number of rotatable bonds is 4. The Kier molecular flexibility index (Phi) is 3.27. The van der Waals surface area contributed by atoms with E-state index in [2.05, 4.69) is 15.4 Å². The third-order valence-electron chi connectivity index (χ3n) is 3.62. The first-order chi connectivity index (χ1) is 11.3. The molecule has 0 atom stereocenters. The van der Waals surface area contributed by atoms with E-state index in [0.29, 0.717) is 6.54 Å². The summed E-state index contributed by atoms with van der Waals surface area (Å²) in [5.74, 6) is 0.575. The normalized spacial score (nSPS) is 11.0. The first kappa shape index (κ1) is 13.5. The van der Waals surface area contributed by atoms with Gasteiger partial charge in [-0.2, -0.15) is 9.61 Å². The summed E-state index contributed by atoms with van der Waals surface area (Å²) >= 11 is 0. The Morgan fingerprint density at radius 2 is 2.00 bits per heavy atom. The molecule has 1 aromatic carbocycles. The number of benzene rings is 1. The van der Waals surface area contributed by atoms with Crippen LogP contribution in [-0.4, -0.2) is 14.6 Å². The van der Waals surface area contributed by atoms with E-state index < -0.39 is 0 Å². The highest BCUT2D eigenvalue weighted by atomic mass is 19.1. The average molecular weight is 308 g/mol. The number of aromatic nitrogens is 3. The van der Waals surface area contributed by atoms with Gasteiger partial charge < -0.3 is 9.73 Å². The third-order valence-corrected chi connectivity index (χ3v) is 3.62. The molecule has 6 heteroatoms. The Labute approximate surface area is 131 Å². The first-order valence-corrected chi connectivity index (χ1v) is 7.15. The van der Waals surface area contributed by atoms with Crippen LogP contribution >= 0.6 is 0 Å². The minimum absolute atomic E-state index is 0.239. The molecular formula is C17H13FN4O. The zero-order chi connectivity index (χ0) is 15.6. The molecule has 0 saturated heterocycles. The van der Waals surface area contributed by atoms with Crippen molar-refractivity contribution in [2.24, 2.45) is 0 Å². The SMILES string of the molecule is Fc1ccc(CNc2ccnc3c(-c4ccoc4)cnn23)cc1. The van der Waals surface area contributed by atoms with Crippen LogP contribution < -0.4 is 5.32 Å². The van der Waals surface area contributed by atoms with Crippen LogP contribution in [-0.2, 0) is 6.54 Å². The van der Waals surface area contributed by atoms with E-state index in [1.807, 2.05) is 12.1 Å². The molecule has 3 heterocycles. The van der Waals surface area contributed by atoms with E-state index in [0.717, 1.165) is 28.2 Å². The molecule has 0 fully saturated rings. The minimum Gasteiger partial charge on any atom is -0.472 e. The number of furan rings is 1. The van der Waals surface area contributed by atoms with E-state index >= 15 is 0 Å². The number of nitrogens with one attached hydrogen (secondary N) is 1. The molecule has 0 aliphatic carbocycles. The van der Waals surface area contributed by atoms with Gasteiger partial charge in [0.25, 0.3) is 0 Å². The lowest BCUT2D eigenvalue weighted by molar-refractivity contribution is 0.568. The number of nitrogens with zero attached hydrogens (tertiary/aromatic N) is 3. The van der Waals surface area contributed by atoms with Gasteiger partial charge in [-0.15, -0.1) is 0 Å². The van der Waals surface area contributed by atoms with Crippen molar-refractivity contribution in [2.45, 2.75) is 6.54 Å². The maximum atomic E-state index is 12.9.